The summed E-state index contributed by atoms with van der Waals surface area (Å²) < 4.78 is 2.24. The Labute approximate surface area is 211 Å². The minimum Gasteiger partial charge on any atom is -0.340 e. The maximum atomic E-state index is 13.2. The number of thioether (sulfide) groups is 1. The Morgan fingerprint density at radius 2 is 1.53 bits per heavy atom. The van der Waals surface area contributed by atoms with E-state index in [0.717, 1.165) is 33.9 Å². The SMILES string of the molecule is Cc1c(/C=C2\SC(=O)N(Cc3c(Cl)cccc3Cl)C2=O)c2ccccc2n1Cc1ccccc1. The predicted molar refractivity (Wildman–Crippen MR) is 140 cm³/mol. The second-order valence-corrected chi connectivity index (χ2v) is 9.86. The molecule has 0 bridgehead atoms. The van der Waals surface area contributed by atoms with Gasteiger partial charge in [-0.05, 0) is 48.5 Å². The molecular weight excluding hydrogens is 487 g/mol. The first-order valence-electron chi connectivity index (χ1n) is 10.7. The molecule has 170 valence electrons. The predicted octanol–water partition coefficient (Wildman–Crippen LogP) is 7.54. The summed E-state index contributed by atoms with van der Waals surface area (Å²) in [5.41, 5.74) is 4.80. The fourth-order valence-corrected chi connectivity index (χ4v) is 5.56. The molecule has 34 heavy (non-hydrogen) atoms. The lowest BCUT2D eigenvalue weighted by molar-refractivity contribution is -0.123. The second kappa shape index (κ2) is 9.34. The first kappa shape index (κ1) is 22.8. The molecule has 4 aromatic rings. The van der Waals surface area contributed by atoms with Crippen LogP contribution in [0, 0.1) is 6.92 Å². The summed E-state index contributed by atoms with van der Waals surface area (Å²) in [5, 5.41) is 1.56. The third-order valence-corrected chi connectivity index (χ3v) is 7.61. The number of rotatable bonds is 5. The number of halogens is 2. The Balaban J connectivity index is 1.52. The first-order valence-corrected chi connectivity index (χ1v) is 12.3. The number of hydrogen-bond donors (Lipinski definition) is 0. The fourth-order valence-electron chi connectivity index (χ4n) is 4.22. The van der Waals surface area contributed by atoms with Crippen LogP contribution in [0.25, 0.3) is 17.0 Å². The molecule has 4 nitrogen and oxygen atoms in total. The molecule has 1 fully saturated rings. The van der Waals surface area contributed by atoms with E-state index in [9.17, 15) is 9.59 Å². The van der Waals surface area contributed by atoms with Crippen LogP contribution >= 0.6 is 35.0 Å². The second-order valence-electron chi connectivity index (χ2n) is 8.06. The van der Waals surface area contributed by atoms with E-state index in [1.54, 1.807) is 18.2 Å². The quantitative estimate of drug-likeness (QED) is 0.262. The van der Waals surface area contributed by atoms with Crippen LogP contribution in [-0.4, -0.2) is 20.6 Å². The van der Waals surface area contributed by atoms with Gasteiger partial charge in [0.25, 0.3) is 11.1 Å². The lowest BCUT2D eigenvalue weighted by Gasteiger charge is -2.14. The van der Waals surface area contributed by atoms with Gasteiger partial charge in [-0.2, -0.15) is 0 Å². The highest BCUT2D eigenvalue weighted by atomic mass is 35.5. The maximum Gasteiger partial charge on any atom is 0.293 e. The minimum atomic E-state index is -0.342. The Morgan fingerprint density at radius 3 is 2.26 bits per heavy atom. The van der Waals surface area contributed by atoms with E-state index in [4.69, 9.17) is 23.2 Å². The molecule has 1 saturated heterocycles. The molecule has 0 saturated carbocycles. The van der Waals surface area contributed by atoms with Gasteiger partial charge in [-0.3, -0.25) is 14.5 Å². The summed E-state index contributed by atoms with van der Waals surface area (Å²) in [4.78, 5) is 27.5. The van der Waals surface area contributed by atoms with Crippen LogP contribution in [-0.2, 0) is 17.9 Å². The van der Waals surface area contributed by atoms with E-state index in [0.29, 0.717) is 27.1 Å². The van der Waals surface area contributed by atoms with Gasteiger partial charge in [-0.1, -0.05) is 77.8 Å². The normalized spacial score (nSPS) is 15.1. The van der Waals surface area contributed by atoms with Crippen LogP contribution in [0.2, 0.25) is 10.0 Å². The van der Waals surface area contributed by atoms with Crippen molar-refractivity contribution in [1.82, 2.24) is 9.47 Å². The van der Waals surface area contributed by atoms with Crippen molar-refractivity contribution < 1.29 is 9.59 Å². The number of aromatic nitrogens is 1. The number of hydrogen-bond acceptors (Lipinski definition) is 3. The number of carbonyl (C=O) groups excluding carboxylic acids is 2. The summed E-state index contributed by atoms with van der Waals surface area (Å²) in [6.45, 7) is 2.80. The maximum absolute atomic E-state index is 13.2. The Hall–Kier alpha value is -2.99. The van der Waals surface area contributed by atoms with Crippen LogP contribution in [0.4, 0.5) is 4.79 Å². The zero-order valence-electron chi connectivity index (χ0n) is 18.3. The molecule has 0 N–H and O–H groups in total. The average molecular weight is 507 g/mol. The van der Waals surface area contributed by atoms with Crippen molar-refractivity contribution in [3.8, 4) is 0 Å². The fraction of sp³-hybridized carbons (Fsp3) is 0.111. The number of carbonyl (C=O) groups is 2. The largest absolute Gasteiger partial charge is 0.340 e. The van der Waals surface area contributed by atoms with E-state index in [1.807, 2.05) is 49.4 Å². The van der Waals surface area contributed by atoms with Gasteiger partial charge in [0.1, 0.15) is 0 Å². The van der Waals surface area contributed by atoms with Gasteiger partial charge in [-0.15, -0.1) is 0 Å². The van der Waals surface area contributed by atoms with E-state index >= 15 is 0 Å². The molecule has 1 aliphatic rings. The molecule has 0 aliphatic carbocycles. The van der Waals surface area contributed by atoms with E-state index < -0.39 is 0 Å². The zero-order chi connectivity index (χ0) is 23.8. The third-order valence-electron chi connectivity index (χ3n) is 5.99. The molecule has 2 amide bonds. The molecule has 0 atom stereocenters. The lowest BCUT2D eigenvalue weighted by atomic mass is 10.1. The molecule has 0 spiro atoms. The Morgan fingerprint density at radius 1 is 0.853 bits per heavy atom. The molecular formula is C27H20Cl2N2O2S. The Bertz CT molecular complexity index is 1440. The molecule has 7 heteroatoms. The highest BCUT2D eigenvalue weighted by molar-refractivity contribution is 8.18. The van der Waals surface area contributed by atoms with Crippen LogP contribution in [0.1, 0.15) is 22.4 Å². The van der Waals surface area contributed by atoms with Crippen molar-refractivity contribution in [3.05, 3.63) is 110 Å². The van der Waals surface area contributed by atoms with Crippen molar-refractivity contribution in [2.75, 3.05) is 0 Å². The van der Waals surface area contributed by atoms with E-state index in [-0.39, 0.29) is 17.7 Å². The van der Waals surface area contributed by atoms with Gasteiger partial charge < -0.3 is 4.57 Å². The topological polar surface area (TPSA) is 42.3 Å². The van der Waals surface area contributed by atoms with Gasteiger partial charge in [-0.25, -0.2) is 0 Å². The minimum absolute atomic E-state index is 0.0370. The summed E-state index contributed by atoms with van der Waals surface area (Å²) >= 11 is 13.5. The molecule has 0 radical (unpaired) electrons. The Kier molecular flexibility index (Phi) is 6.26. The number of benzene rings is 3. The summed E-state index contributed by atoms with van der Waals surface area (Å²) in [6, 6.07) is 23.5. The number of para-hydroxylation sites is 1. The van der Waals surface area contributed by atoms with Gasteiger partial charge >= 0.3 is 0 Å². The summed E-state index contributed by atoms with van der Waals surface area (Å²) in [6.07, 6.45) is 1.83. The van der Waals surface area contributed by atoms with Crippen molar-refractivity contribution >= 4 is 63.1 Å². The highest BCUT2D eigenvalue weighted by Crippen LogP contribution is 2.38. The number of imide groups is 1. The average Bonchev–Trinajstić information content (AvgIpc) is 3.25. The van der Waals surface area contributed by atoms with Gasteiger partial charge in [0.05, 0.1) is 11.4 Å². The molecule has 5 rings (SSSR count). The van der Waals surface area contributed by atoms with Crippen molar-refractivity contribution in [1.29, 1.82) is 0 Å². The first-order chi connectivity index (χ1) is 16.4. The van der Waals surface area contributed by atoms with Crippen molar-refractivity contribution in [2.24, 2.45) is 0 Å². The molecule has 0 unspecified atom stereocenters. The van der Waals surface area contributed by atoms with Crippen LogP contribution in [0.5, 0.6) is 0 Å². The third kappa shape index (κ3) is 4.16. The number of nitrogens with zero attached hydrogens (tertiary/aromatic N) is 2. The van der Waals surface area contributed by atoms with Crippen LogP contribution in [0.15, 0.2) is 77.7 Å². The molecule has 1 aromatic heterocycles. The number of fused-ring (bicyclic) bond motifs is 1. The monoisotopic (exact) mass is 506 g/mol. The highest BCUT2D eigenvalue weighted by Gasteiger charge is 2.36. The van der Waals surface area contributed by atoms with Gasteiger partial charge in [0.2, 0.25) is 0 Å². The summed E-state index contributed by atoms with van der Waals surface area (Å²) in [5.74, 6) is -0.342. The molecule has 1 aliphatic heterocycles. The van der Waals surface area contributed by atoms with E-state index in [2.05, 4.69) is 22.8 Å². The van der Waals surface area contributed by atoms with Crippen molar-refractivity contribution in [2.45, 2.75) is 20.0 Å². The van der Waals surface area contributed by atoms with Gasteiger partial charge in [0, 0.05) is 44.3 Å². The smallest absolute Gasteiger partial charge is 0.293 e. The van der Waals surface area contributed by atoms with Gasteiger partial charge in [0.15, 0.2) is 0 Å². The number of amides is 2. The van der Waals surface area contributed by atoms with Crippen LogP contribution < -0.4 is 0 Å². The van der Waals surface area contributed by atoms with Crippen LogP contribution in [0.3, 0.4) is 0 Å². The molecule has 3 aromatic carbocycles. The standard InChI is InChI=1S/C27H20Cl2N2O2S/c1-17-20(19-10-5-6-13-24(19)30(17)15-18-8-3-2-4-9-18)14-25-26(32)31(27(33)34-25)16-21-22(28)11-7-12-23(21)29/h2-14H,15-16H2,1H3/b25-14-. The van der Waals surface area contributed by atoms with Crippen molar-refractivity contribution in [3.63, 3.8) is 0 Å². The zero-order valence-corrected chi connectivity index (χ0v) is 20.6. The lowest BCUT2D eigenvalue weighted by Crippen LogP contribution is -2.27. The summed E-state index contributed by atoms with van der Waals surface area (Å²) in [7, 11) is 0. The van der Waals surface area contributed by atoms with E-state index in [1.165, 1.54) is 10.5 Å². The molecule has 2 heterocycles.